The van der Waals surface area contributed by atoms with E-state index in [0.29, 0.717) is 18.8 Å². The summed E-state index contributed by atoms with van der Waals surface area (Å²) in [6.45, 7) is 7.91. The van der Waals surface area contributed by atoms with Gasteiger partial charge >= 0.3 is 0 Å². The van der Waals surface area contributed by atoms with Crippen molar-refractivity contribution in [3.63, 3.8) is 0 Å². The number of hydrogen-bond donors (Lipinski definition) is 5. The monoisotopic (exact) mass is 529 g/mol. The Labute approximate surface area is 216 Å². The van der Waals surface area contributed by atoms with Crippen LogP contribution in [0.5, 0.6) is 0 Å². The quantitative estimate of drug-likeness (QED) is 0.319. The summed E-state index contributed by atoms with van der Waals surface area (Å²) in [5, 5.41) is 34.9. The highest BCUT2D eigenvalue weighted by molar-refractivity contribution is 7.86. The molecule has 0 aromatic carbocycles. The highest BCUT2D eigenvalue weighted by atomic mass is 32.2. The lowest BCUT2D eigenvalue weighted by Crippen LogP contribution is -2.62. The average molecular weight is 530 g/mol. The molecule has 9 heteroatoms. The van der Waals surface area contributed by atoms with Crippen molar-refractivity contribution >= 4 is 16.0 Å². The summed E-state index contributed by atoms with van der Waals surface area (Å²) >= 11 is 0. The lowest BCUT2D eigenvalue weighted by molar-refractivity contribution is -0.207. The fraction of sp³-hybridized carbons (Fsp3) is 0.963. The van der Waals surface area contributed by atoms with Gasteiger partial charge in [0.25, 0.3) is 10.1 Å². The summed E-state index contributed by atoms with van der Waals surface area (Å²) in [6.07, 6.45) is 5.63. The van der Waals surface area contributed by atoms with E-state index in [2.05, 4.69) is 26.1 Å². The maximum absolute atomic E-state index is 12.4. The van der Waals surface area contributed by atoms with Gasteiger partial charge in [-0.2, -0.15) is 8.42 Å². The third-order valence-electron chi connectivity index (χ3n) is 11.4. The minimum Gasteiger partial charge on any atom is -0.393 e. The maximum atomic E-state index is 12.4. The molecule has 8 nitrogen and oxygen atoms in total. The second-order valence-electron chi connectivity index (χ2n) is 13.2. The summed E-state index contributed by atoms with van der Waals surface area (Å²) in [5.74, 6) is 1.17. The van der Waals surface area contributed by atoms with E-state index in [1.54, 1.807) is 0 Å². The smallest absolute Gasteiger partial charge is 0.269 e. The SMILES string of the molecule is CC(CNC(=O)CC[C@@H](C)[C@H]1CCC2C3C(O)CC4C[C@H](O)CC[C@]4(C)C3C[C@H](O)[C@@]21C)S(=O)(=O)O. The minimum absolute atomic E-state index is 0.0480. The van der Waals surface area contributed by atoms with Gasteiger partial charge in [0.2, 0.25) is 5.91 Å². The first kappa shape index (κ1) is 28.3. The van der Waals surface area contributed by atoms with Gasteiger partial charge in [0.05, 0.1) is 18.3 Å². The number of aliphatic hydroxyl groups is 3. The largest absolute Gasteiger partial charge is 0.393 e. The molecule has 4 aliphatic carbocycles. The van der Waals surface area contributed by atoms with Gasteiger partial charge in [0.15, 0.2) is 0 Å². The van der Waals surface area contributed by atoms with Crippen LogP contribution in [-0.4, -0.2) is 64.3 Å². The molecule has 0 bridgehead atoms. The summed E-state index contributed by atoms with van der Waals surface area (Å²) in [4.78, 5) is 12.4. The van der Waals surface area contributed by atoms with Crippen LogP contribution in [0.1, 0.15) is 85.5 Å². The van der Waals surface area contributed by atoms with Crippen molar-refractivity contribution in [3.8, 4) is 0 Å². The summed E-state index contributed by atoms with van der Waals surface area (Å²) in [7, 11) is -4.17. The summed E-state index contributed by atoms with van der Waals surface area (Å²) < 4.78 is 31.4. The summed E-state index contributed by atoms with van der Waals surface area (Å²) in [5.41, 5.74) is -0.263. The second kappa shape index (κ2) is 10.1. The minimum atomic E-state index is -4.17. The van der Waals surface area contributed by atoms with E-state index in [1.165, 1.54) is 6.92 Å². The maximum Gasteiger partial charge on any atom is 0.269 e. The van der Waals surface area contributed by atoms with E-state index >= 15 is 0 Å². The molecule has 4 saturated carbocycles. The molecular weight excluding hydrogens is 482 g/mol. The van der Waals surface area contributed by atoms with Gasteiger partial charge < -0.3 is 20.6 Å². The zero-order valence-electron chi connectivity index (χ0n) is 22.3. The topological polar surface area (TPSA) is 144 Å². The number of carbonyl (C=O) groups excluding carboxylic acids is 1. The Morgan fingerprint density at radius 1 is 1.03 bits per heavy atom. The Hall–Kier alpha value is -0.740. The Morgan fingerprint density at radius 2 is 1.72 bits per heavy atom. The van der Waals surface area contributed by atoms with Gasteiger partial charge in [-0.25, -0.2) is 0 Å². The Kier molecular flexibility index (Phi) is 7.93. The molecule has 36 heavy (non-hydrogen) atoms. The van der Waals surface area contributed by atoms with Crippen LogP contribution in [0.25, 0.3) is 0 Å². The first-order valence-corrected chi connectivity index (χ1v) is 15.5. The molecule has 4 fully saturated rings. The predicted octanol–water partition coefficient (Wildman–Crippen LogP) is 2.76. The molecule has 12 atom stereocenters. The fourth-order valence-electron chi connectivity index (χ4n) is 9.14. The van der Waals surface area contributed by atoms with Crippen LogP contribution in [0.3, 0.4) is 0 Å². The van der Waals surface area contributed by atoms with Crippen molar-refractivity contribution in [1.82, 2.24) is 5.32 Å². The average Bonchev–Trinajstić information content (AvgIpc) is 3.15. The molecule has 4 aliphatic rings. The standard InChI is InChI=1S/C27H47NO7S/c1-15(5-8-24(32)28-14-16(2)36(33,34)35)19-6-7-20-25-21(13-23(31)27(19,20)4)26(3)10-9-18(29)11-17(26)12-22(25)30/h15-23,25,29-31H,5-14H2,1-4H3,(H,28,32)(H,33,34,35)/t15-,16?,17?,18-,19-,20?,21?,22?,23+,25?,26+,27-/m1/s1. The fourth-order valence-corrected chi connectivity index (χ4v) is 9.44. The van der Waals surface area contributed by atoms with Gasteiger partial charge in [-0.05, 0) is 105 Å². The van der Waals surface area contributed by atoms with E-state index < -0.39 is 27.6 Å². The van der Waals surface area contributed by atoms with Crippen LogP contribution in [-0.2, 0) is 14.9 Å². The number of hydrogen-bond acceptors (Lipinski definition) is 6. The molecule has 1 amide bonds. The first-order valence-electron chi connectivity index (χ1n) is 14.0. The molecule has 0 aliphatic heterocycles. The molecule has 0 aromatic rings. The Bertz CT molecular complexity index is 927. The molecule has 0 aromatic heterocycles. The highest BCUT2D eigenvalue weighted by Gasteiger charge is 2.65. The van der Waals surface area contributed by atoms with E-state index in [9.17, 15) is 28.5 Å². The second-order valence-corrected chi connectivity index (χ2v) is 15.0. The van der Waals surface area contributed by atoms with E-state index in [0.717, 1.165) is 38.5 Å². The number of carbonyl (C=O) groups is 1. The Balaban J connectivity index is 1.43. The third-order valence-corrected chi connectivity index (χ3v) is 12.6. The number of rotatable bonds is 7. The van der Waals surface area contributed by atoms with Gasteiger partial charge in [-0.3, -0.25) is 9.35 Å². The predicted molar refractivity (Wildman–Crippen MR) is 136 cm³/mol. The number of amides is 1. The molecular formula is C27H47NO7S. The van der Waals surface area contributed by atoms with Gasteiger partial charge in [-0.15, -0.1) is 0 Å². The first-order chi connectivity index (χ1) is 16.7. The van der Waals surface area contributed by atoms with Crippen molar-refractivity contribution in [3.05, 3.63) is 0 Å². The number of nitrogens with one attached hydrogen (secondary N) is 1. The van der Waals surface area contributed by atoms with Crippen molar-refractivity contribution < 1.29 is 33.1 Å². The molecule has 5 N–H and O–H groups in total. The lowest BCUT2D eigenvalue weighted by atomic mass is 9.43. The van der Waals surface area contributed by atoms with Crippen LogP contribution in [0.4, 0.5) is 0 Å². The molecule has 0 radical (unpaired) electrons. The van der Waals surface area contributed by atoms with Crippen molar-refractivity contribution in [2.75, 3.05) is 6.54 Å². The van der Waals surface area contributed by atoms with Crippen molar-refractivity contribution in [2.24, 2.45) is 46.3 Å². The van der Waals surface area contributed by atoms with Gasteiger partial charge in [0, 0.05) is 13.0 Å². The van der Waals surface area contributed by atoms with Crippen LogP contribution < -0.4 is 5.32 Å². The lowest BCUT2D eigenvalue weighted by Gasteiger charge is -2.63. The van der Waals surface area contributed by atoms with Crippen LogP contribution in [0.15, 0.2) is 0 Å². The zero-order chi connectivity index (χ0) is 26.6. The van der Waals surface area contributed by atoms with Crippen LogP contribution >= 0.6 is 0 Å². The van der Waals surface area contributed by atoms with Gasteiger partial charge in [0.1, 0.15) is 5.25 Å². The zero-order valence-corrected chi connectivity index (χ0v) is 23.1. The molecule has 4 rings (SSSR count). The normalized spacial score (nSPS) is 46.2. The van der Waals surface area contributed by atoms with E-state index in [1.807, 2.05) is 0 Å². The number of fused-ring (bicyclic) bond motifs is 5. The van der Waals surface area contributed by atoms with Crippen LogP contribution in [0.2, 0.25) is 0 Å². The highest BCUT2D eigenvalue weighted by Crippen LogP contribution is 2.68. The third kappa shape index (κ3) is 4.88. The van der Waals surface area contributed by atoms with Crippen molar-refractivity contribution in [2.45, 2.75) is 109 Å². The molecule has 0 saturated heterocycles. The molecule has 6 unspecified atom stereocenters. The Morgan fingerprint density at radius 3 is 2.39 bits per heavy atom. The van der Waals surface area contributed by atoms with Crippen molar-refractivity contribution in [1.29, 1.82) is 0 Å². The van der Waals surface area contributed by atoms with Gasteiger partial charge in [-0.1, -0.05) is 20.8 Å². The molecule has 208 valence electrons. The van der Waals surface area contributed by atoms with E-state index in [-0.39, 0.29) is 65.4 Å². The van der Waals surface area contributed by atoms with E-state index in [4.69, 9.17) is 4.55 Å². The summed E-state index contributed by atoms with van der Waals surface area (Å²) in [6, 6.07) is 0. The van der Waals surface area contributed by atoms with Crippen LogP contribution in [0, 0.1) is 46.3 Å². The number of aliphatic hydroxyl groups excluding tert-OH is 3. The molecule has 0 spiro atoms. The molecule has 0 heterocycles.